The highest BCUT2D eigenvalue weighted by atomic mass is 16.5. The minimum atomic E-state index is -0.241. The van der Waals surface area contributed by atoms with Crippen LogP contribution in [-0.2, 0) is 14.3 Å². The molecule has 1 N–H and O–H groups in total. The number of likely N-dealkylation sites (N-methyl/N-ethyl adjacent to an activating group) is 1. The zero-order valence-corrected chi connectivity index (χ0v) is 12.9. The van der Waals surface area contributed by atoms with Crippen LogP contribution >= 0.6 is 0 Å². The summed E-state index contributed by atoms with van der Waals surface area (Å²) in [5.74, 6) is -0.206. The third-order valence-corrected chi connectivity index (χ3v) is 3.35. The van der Waals surface area contributed by atoms with Crippen molar-refractivity contribution >= 4 is 11.9 Å². The van der Waals surface area contributed by atoms with Gasteiger partial charge in [-0.15, -0.1) is 0 Å². The lowest BCUT2D eigenvalue weighted by atomic mass is 10.1. The average molecular weight is 272 g/mol. The van der Waals surface area contributed by atoms with Crippen LogP contribution in [0.5, 0.6) is 0 Å². The molecule has 1 amide bonds. The van der Waals surface area contributed by atoms with Gasteiger partial charge in [-0.1, -0.05) is 13.8 Å². The van der Waals surface area contributed by atoms with Gasteiger partial charge in [0.05, 0.1) is 19.1 Å². The third-order valence-electron chi connectivity index (χ3n) is 3.35. The Morgan fingerprint density at radius 3 is 2.26 bits per heavy atom. The second-order valence-electron chi connectivity index (χ2n) is 4.73. The van der Waals surface area contributed by atoms with Crippen molar-refractivity contribution in [1.29, 1.82) is 0 Å². The van der Waals surface area contributed by atoms with Gasteiger partial charge in [-0.3, -0.25) is 14.5 Å². The summed E-state index contributed by atoms with van der Waals surface area (Å²) in [5.41, 5.74) is 0. The monoisotopic (exact) mass is 272 g/mol. The fraction of sp³-hybridized carbons (Fsp3) is 0.857. The van der Waals surface area contributed by atoms with E-state index in [-0.39, 0.29) is 24.0 Å². The van der Waals surface area contributed by atoms with Gasteiger partial charge in [0.25, 0.3) is 0 Å². The van der Waals surface area contributed by atoms with Gasteiger partial charge in [-0.2, -0.15) is 0 Å². The Bertz CT molecular complexity index is 278. The number of carbonyl (C=O) groups is 2. The van der Waals surface area contributed by atoms with Crippen LogP contribution in [0, 0.1) is 0 Å². The molecular formula is C14H28N2O3. The largest absolute Gasteiger partial charge is 0.466 e. The summed E-state index contributed by atoms with van der Waals surface area (Å²) in [7, 11) is 1.84. The van der Waals surface area contributed by atoms with Gasteiger partial charge in [-0.05, 0) is 33.7 Å². The number of esters is 1. The Kier molecular flexibility index (Phi) is 9.21. The minimum Gasteiger partial charge on any atom is -0.466 e. The number of carbonyl (C=O) groups excluding carboxylic acids is 2. The third kappa shape index (κ3) is 7.15. The molecule has 0 radical (unpaired) electrons. The lowest BCUT2D eigenvalue weighted by molar-refractivity contribution is -0.144. The van der Waals surface area contributed by atoms with Crippen LogP contribution in [0.4, 0.5) is 0 Å². The fourth-order valence-corrected chi connectivity index (χ4v) is 1.71. The second-order valence-corrected chi connectivity index (χ2v) is 4.73. The molecule has 0 aliphatic heterocycles. The lowest BCUT2D eigenvalue weighted by Gasteiger charge is -2.25. The Balaban J connectivity index is 4.13. The van der Waals surface area contributed by atoms with Crippen molar-refractivity contribution in [3.8, 4) is 0 Å². The maximum atomic E-state index is 12.0. The van der Waals surface area contributed by atoms with Crippen molar-refractivity contribution in [3.63, 3.8) is 0 Å². The second kappa shape index (κ2) is 9.78. The first-order chi connectivity index (χ1) is 8.96. The molecule has 19 heavy (non-hydrogen) atoms. The Hall–Kier alpha value is -1.10. The predicted octanol–water partition coefficient (Wildman–Crippen LogP) is 1.56. The van der Waals surface area contributed by atoms with E-state index in [1.165, 1.54) is 0 Å². The van der Waals surface area contributed by atoms with Crippen molar-refractivity contribution in [1.82, 2.24) is 10.2 Å². The smallest absolute Gasteiger partial charge is 0.307 e. The first-order valence-corrected chi connectivity index (χ1v) is 7.12. The van der Waals surface area contributed by atoms with Crippen molar-refractivity contribution in [2.24, 2.45) is 0 Å². The van der Waals surface area contributed by atoms with Crippen LogP contribution in [0.1, 0.15) is 47.0 Å². The number of hydrogen-bond acceptors (Lipinski definition) is 4. The maximum absolute atomic E-state index is 12.0. The molecular weight excluding hydrogens is 244 g/mol. The highest BCUT2D eigenvalue weighted by Gasteiger charge is 2.20. The van der Waals surface area contributed by atoms with Crippen LogP contribution in [0.15, 0.2) is 0 Å². The molecule has 0 saturated heterocycles. The van der Waals surface area contributed by atoms with Gasteiger partial charge >= 0.3 is 5.97 Å². The molecule has 0 aliphatic carbocycles. The van der Waals surface area contributed by atoms with Gasteiger partial charge in [0.1, 0.15) is 0 Å². The zero-order valence-electron chi connectivity index (χ0n) is 12.9. The minimum absolute atomic E-state index is 0.0139. The number of nitrogens with zero attached hydrogens (tertiary/aromatic N) is 1. The molecule has 5 nitrogen and oxygen atoms in total. The molecule has 0 aromatic rings. The Morgan fingerprint density at radius 2 is 1.79 bits per heavy atom. The van der Waals surface area contributed by atoms with Gasteiger partial charge in [0, 0.05) is 12.6 Å². The van der Waals surface area contributed by atoms with E-state index in [1.807, 2.05) is 18.9 Å². The number of amides is 1. The molecule has 0 rings (SSSR count). The SMILES string of the molecule is CCOC(=O)CCN(C)C(C)C(=O)NC(CC)CC. The zero-order chi connectivity index (χ0) is 14.8. The maximum Gasteiger partial charge on any atom is 0.307 e. The molecule has 5 heteroatoms. The summed E-state index contributed by atoms with van der Waals surface area (Å²) in [4.78, 5) is 25.1. The lowest BCUT2D eigenvalue weighted by Crippen LogP contribution is -2.47. The summed E-state index contributed by atoms with van der Waals surface area (Å²) in [6.45, 7) is 8.67. The fourth-order valence-electron chi connectivity index (χ4n) is 1.71. The summed E-state index contributed by atoms with van der Waals surface area (Å²) in [5, 5.41) is 3.01. The molecule has 0 spiro atoms. The molecule has 0 fully saturated rings. The molecule has 0 aromatic heterocycles. The van der Waals surface area contributed by atoms with Crippen LogP contribution in [0.2, 0.25) is 0 Å². The first kappa shape index (κ1) is 17.9. The number of rotatable bonds is 9. The van der Waals surface area contributed by atoms with Crippen molar-refractivity contribution in [2.45, 2.75) is 59.0 Å². The molecule has 0 aliphatic rings. The Labute approximate surface area is 116 Å². The van der Waals surface area contributed by atoms with E-state index in [0.717, 1.165) is 12.8 Å². The molecule has 1 unspecified atom stereocenters. The standard InChI is InChI=1S/C14H28N2O3/c1-6-12(7-2)15-14(18)11(4)16(5)10-9-13(17)19-8-3/h11-12H,6-10H2,1-5H3,(H,15,18). The summed E-state index contributed by atoms with van der Waals surface area (Å²) in [6, 6.07) is -0.0107. The van der Waals surface area contributed by atoms with Gasteiger partial charge < -0.3 is 10.1 Å². The van der Waals surface area contributed by atoms with E-state index in [4.69, 9.17) is 4.74 Å². The molecule has 0 aromatic carbocycles. The average Bonchev–Trinajstić information content (AvgIpc) is 2.41. The predicted molar refractivity (Wildman–Crippen MR) is 75.9 cm³/mol. The molecule has 0 bridgehead atoms. The summed E-state index contributed by atoms with van der Waals surface area (Å²) in [6.07, 6.45) is 2.18. The van der Waals surface area contributed by atoms with E-state index in [2.05, 4.69) is 19.2 Å². The van der Waals surface area contributed by atoms with E-state index in [9.17, 15) is 9.59 Å². The van der Waals surface area contributed by atoms with Crippen LogP contribution in [0.25, 0.3) is 0 Å². The highest BCUT2D eigenvalue weighted by molar-refractivity contribution is 5.81. The van der Waals surface area contributed by atoms with Gasteiger partial charge in [0.2, 0.25) is 5.91 Å². The molecule has 0 heterocycles. The summed E-state index contributed by atoms with van der Waals surface area (Å²) < 4.78 is 4.87. The van der Waals surface area contributed by atoms with Gasteiger partial charge in [-0.25, -0.2) is 0 Å². The Morgan fingerprint density at radius 1 is 1.21 bits per heavy atom. The van der Waals surface area contributed by atoms with Crippen LogP contribution in [0.3, 0.4) is 0 Å². The van der Waals surface area contributed by atoms with Crippen molar-refractivity contribution in [2.75, 3.05) is 20.2 Å². The molecule has 1 atom stereocenters. The van der Waals surface area contributed by atoms with E-state index in [0.29, 0.717) is 19.6 Å². The number of nitrogens with one attached hydrogen (secondary N) is 1. The van der Waals surface area contributed by atoms with E-state index < -0.39 is 0 Å². The topological polar surface area (TPSA) is 58.6 Å². The summed E-state index contributed by atoms with van der Waals surface area (Å²) >= 11 is 0. The first-order valence-electron chi connectivity index (χ1n) is 7.12. The van der Waals surface area contributed by atoms with Crippen molar-refractivity contribution < 1.29 is 14.3 Å². The van der Waals surface area contributed by atoms with Crippen LogP contribution in [-0.4, -0.2) is 49.1 Å². The molecule has 0 saturated carbocycles. The van der Waals surface area contributed by atoms with Crippen molar-refractivity contribution in [3.05, 3.63) is 0 Å². The highest BCUT2D eigenvalue weighted by Crippen LogP contribution is 2.02. The quantitative estimate of drug-likeness (QED) is 0.647. The van der Waals surface area contributed by atoms with Gasteiger partial charge in [0.15, 0.2) is 0 Å². The normalized spacial score (nSPS) is 12.6. The molecule has 112 valence electrons. The van der Waals surface area contributed by atoms with Crippen LogP contribution < -0.4 is 5.32 Å². The number of ether oxygens (including phenoxy) is 1. The number of hydrogen-bond donors (Lipinski definition) is 1. The van der Waals surface area contributed by atoms with E-state index >= 15 is 0 Å². The van der Waals surface area contributed by atoms with E-state index in [1.54, 1.807) is 6.92 Å².